The van der Waals surface area contributed by atoms with Crippen LogP contribution in [0.2, 0.25) is 0 Å². The lowest BCUT2D eigenvalue weighted by atomic mass is 10.1. The van der Waals surface area contributed by atoms with Crippen LogP contribution < -0.4 is 10.1 Å². The molecule has 3 rings (SSSR count). The van der Waals surface area contributed by atoms with Crippen molar-refractivity contribution in [3.8, 4) is 5.75 Å². The van der Waals surface area contributed by atoms with Gasteiger partial charge in [0.1, 0.15) is 18.1 Å². The number of nitrogens with one attached hydrogen (secondary N) is 1. The molecule has 1 amide bonds. The molecule has 1 aliphatic rings. The number of amides is 1. The lowest BCUT2D eigenvalue weighted by Crippen LogP contribution is -2.28. The minimum atomic E-state index is -0.133. The van der Waals surface area contributed by atoms with Gasteiger partial charge in [-0.15, -0.1) is 0 Å². The van der Waals surface area contributed by atoms with Gasteiger partial charge in [-0.05, 0) is 24.3 Å². The molecule has 2 aromatic rings. The molecule has 0 saturated heterocycles. The van der Waals surface area contributed by atoms with Crippen LogP contribution in [0.4, 0.5) is 0 Å². The second kappa shape index (κ2) is 5.02. The number of ether oxygens (including phenoxy) is 1. The van der Waals surface area contributed by atoms with Gasteiger partial charge in [0.15, 0.2) is 0 Å². The summed E-state index contributed by atoms with van der Waals surface area (Å²) >= 11 is 0. The van der Waals surface area contributed by atoms with Gasteiger partial charge in [0.25, 0.3) is 5.91 Å². The standard InChI is InChI=1S/C15H13NO3/c17-15(16-9-13-5-3-7-18-13)12-8-11-4-1-2-6-14(11)19-10-12/h1-8H,9-10H2,(H,16,17). The summed E-state index contributed by atoms with van der Waals surface area (Å²) in [6.07, 6.45) is 3.44. The van der Waals surface area contributed by atoms with Crippen molar-refractivity contribution in [1.82, 2.24) is 5.32 Å². The molecule has 0 unspecified atom stereocenters. The first-order valence-electron chi connectivity index (χ1n) is 6.06. The predicted molar refractivity (Wildman–Crippen MR) is 70.5 cm³/mol. The Kier molecular flexibility index (Phi) is 3.06. The van der Waals surface area contributed by atoms with Crippen LogP contribution in [-0.4, -0.2) is 12.5 Å². The highest BCUT2D eigenvalue weighted by Crippen LogP contribution is 2.25. The van der Waals surface area contributed by atoms with Crippen molar-refractivity contribution >= 4 is 12.0 Å². The molecule has 0 bridgehead atoms. The number of fused-ring (bicyclic) bond motifs is 1. The third kappa shape index (κ3) is 2.52. The molecular weight excluding hydrogens is 242 g/mol. The lowest BCUT2D eigenvalue weighted by Gasteiger charge is -2.17. The quantitative estimate of drug-likeness (QED) is 0.916. The van der Waals surface area contributed by atoms with Crippen molar-refractivity contribution in [3.05, 3.63) is 59.6 Å². The Bertz CT molecular complexity index is 614. The van der Waals surface area contributed by atoms with E-state index in [9.17, 15) is 4.79 Å². The van der Waals surface area contributed by atoms with Crippen molar-refractivity contribution in [2.45, 2.75) is 6.54 Å². The predicted octanol–water partition coefficient (Wildman–Crippen LogP) is 2.37. The third-order valence-corrected chi connectivity index (χ3v) is 2.93. The van der Waals surface area contributed by atoms with Crippen molar-refractivity contribution in [3.63, 3.8) is 0 Å². The largest absolute Gasteiger partial charge is 0.488 e. The fourth-order valence-corrected chi connectivity index (χ4v) is 1.94. The lowest BCUT2D eigenvalue weighted by molar-refractivity contribution is -0.118. The highest BCUT2D eigenvalue weighted by atomic mass is 16.5. The average Bonchev–Trinajstić information content (AvgIpc) is 2.97. The number of para-hydroxylation sites is 1. The van der Waals surface area contributed by atoms with Crippen LogP contribution in [0.3, 0.4) is 0 Å². The molecule has 96 valence electrons. The molecule has 0 fully saturated rings. The SMILES string of the molecule is O=C(NCc1ccco1)C1=Cc2ccccc2OC1. The van der Waals surface area contributed by atoms with Gasteiger partial charge >= 0.3 is 0 Å². The van der Waals surface area contributed by atoms with E-state index in [1.54, 1.807) is 12.3 Å². The zero-order chi connectivity index (χ0) is 13.1. The monoisotopic (exact) mass is 255 g/mol. The summed E-state index contributed by atoms with van der Waals surface area (Å²) in [4.78, 5) is 12.0. The van der Waals surface area contributed by atoms with Gasteiger partial charge in [-0.3, -0.25) is 4.79 Å². The van der Waals surface area contributed by atoms with Crippen LogP contribution in [-0.2, 0) is 11.3 Å². The number of benzene rings is 1. The van der Waals surface area contributed by atoms with E-state index < -0.39 is 0 Å². The Hall–Kier alpha value is -2.49. The van der Waals surface area contributed by atoms with E-state index in [-0.39, 0.29) is 5.91 Å². The van der Waals surface area contributed by atoms with Gasteiger partial charge < -0.3 is 14.5 Å². The average molecular weight is 255 g/mol. The van der Waals surface area contributed by atoms with Gasteiger partial charge in [-0.2, -0.15) is 0 Å². The fourth-order valence-electron chi connectivity index (χ4n) is 1.94. The molecule has 0 radical (unpaired) electrons. The zero-order valence-corrected chi connectivity index (χ0v) is 10.3. The molecule has 0 spiro atoms. The van der Waals surface area contributed by atoms with Crippen molar-refractivity contribution in [2.75, 3.05) is 6.61 Å². The normalized spacial score (nSPS) is 13.2. The highest BCUT2D eigenvalue weighted by Gasteiger charge is 2.16. The van der Waals surface area contributed by atoms with E-state index in [0.29, 0.717) is 18.7 Å². The Balaban J connectivity index is 1.69. The van der Waals surface area contributed by atoms with E-state index >= 15 is 0 Å². The molecule has 0 saturated carbocycles. The first-order valence-corrected chi connectivity index (χ1v) is 6.06. The van der Waals surface area contributed by atoms with Gasteiger partial charge in [-0.25, -0.2) is 0 Å². The first-order chi connectivity index (χ1) is 9.33. The van der Waals surface area contributed by atoms with Crippen LogP contribution in [0.5, 0.6) is 5.75 Å². The number of hydrogen-bond acceptors (Lipinski definition) is 3. The summed E-state index contributed by atoms with van der Waals surface area (Å²) in [6.45, 7) is 0.672. The highest BCUT2D eigenvalue weighted by molar-refractivity contribution is 5.99. The summed E-state index contributed by atoms with van der Waals surface area (Å²) in [6, 6.07) is 11.3. The molecule has 4 nitrogen and oxygen atoms in total. The van der Waals surface area contributed by atoms with Crippen molar-refractivity contribution in [1.29, 1.82) is 0 Å². The number of hydrogen-bond donors (Lipinski definition) is 1. The molecule has 2 heterocycles. The molecule has 4 heteroatoms. The summed E-state index contributed by atoms with van der Waals surface area (Å²) < 4.78 is 10.7. The molecular formula is C15H13NO3. The number of carbonyl (C=O) groups excluding carboxylic acids is 1. The number of carbonyl (C=O) groups is 1. The molecule has 1 aromatic heterocycles. The van der Waals surface area contributed by atoms with Gasteiger partial charge in [0, 0.05) is 5.56 Å². The van der Waals surface area contributed by atoms with Crippen molar-refractivity contribution < 1.29 is 13.9 Å². The van der Waals surface area contributed by atoms with E-state index in [0.717, 1.165) is 17.1 Å². The minimum absolute atomic E-state index is 0.133. The van der Waals surface area contributed by atoms with Crippen LogP contribution in [0, 0.1) is 0 Å². The summed E-state index contributed by atoms with van der Waals surface area (Å²) in [5.74, 6) is 1.40. The fraction of sp³-hybridized carbons (Fsp3) is 0.133. The number of rotatable bonds is 3. The van der Waals surface area contributed by atoms with E-state index in [4.69, 9.17) is 9.15 Å². The molecule has 1 N–H and O–H groups in total. The van der Waals surface area contributed by atoms with Crippen LogP contribution in [0.1, 0.15) is 11.3 Å². The smallest absolute Gasteiger partial charge is 0.251 e. The second-order valence-corrected chi connectivity index (χ2v) is 4.26. The molecule has 1 aliphatic heterocycles. The Morgan fingerprint density at radius 2 is 2.11 bits per heavy atom. The number of furan rings is 1. The van der Waals surface area contributed by atoms with E-state index in [1.165, 1.54) is 0 Å². The maximum Gasteiger partial charge on any atom is 0.251 e. The molecule has 0 atom stereocenters. The topological polar surface area (TPSA) is 51.5 Å². The first kappa shape index (κ1) is 11.6. The summed E-state index contributed by atoms with van der Waals surface area (Å²) in [7, 11) is 0. The minimum Gasteiger partial charge on any atom is -0.488 e. The Morgan fingerprint density at radius 3 is 2.95 bits per heavy atom. The van der Waals surface area contributed by atoms with Gasteiger partial charge in [0.2, 0.25) is 0 Å². The third-order valence-electron chi connectivity index (χ3n) is 2.93. The Morgan fingerprint density at radius 1 is 1.21 bits per heavy atom. The maximum atomic E-state index is 12.0. The maximum absolute atomic E-state index is 12.0. The Labute approximate surface area is 110 Å². The molecule has 1 aromatic carbocycles. The van der Waals surface area contributed by atoms with E-state index in [1.807, 2.05) is 36.4 Å². The van der Waals surface area contributed by atoms with Crippen LogP contribution >= 0.6 is 0 Å². The zero-order valence-electron chi connectivity index (χ0n) is 10.3. The van der Waals surface area contributed by atoms with Crippen LogP contribution in [0.25, 0.3) is 6.08 Å². The summed E-state index contributed by atoms with van der Waals surface area (Å²) in [5.41, 5.74) is 1.54. The van der Waals surface area contributed by atoms with Gasteiger partial charge in [0.05, 0.1) is 18.4 Å². The van der Waals surface area contributed by atoms with E-state index in [2.05, 4.69) is 5.32 Å². The second-order valence-electron chi connectivity index (χ2n) is 4.26. The van der Waals surface area contributed by atoms with Gasteiger partial charge in [-0.1, -0.05) is 18.2 Å². The van der Waals surface area contributed by atoms with Crippen LogP contribution in [0.15, 0.2) is 52.7 Å². The molecule has 0 aliphatic carbocycles. The molecule has 19 heavy (non-hydrogen) atoms. The van der Waals surface area contributed by atoms with Crippen molar-refractivity contribution in [2.24, 2.45) is 0 Å². The summed E-state index contributed by atoms with van der Waals surface area (Å²) in [5, 5.41) is 2.80.